The summed E-state index contributed by atoms with van der Waals surface area (Å²) in [5.41, 5.74) is 3.60. The van der Waals surface area contributed by atoms with E-state index in [0.29, 0.717) is 6.61 Å². The van der Waals surface area contributed by atoms with Crippen molar-refractivity contribution in [2.45, 2.75) is 26.7 Å². The molecule has 0 radical (unpaired) electrons. The maximum absolute atomic E-state index is 11.6. The van der Waals surface area contributed by atoms with Crippen molar-refractivity contribution in [2.24, 2.45) is 5.92 Å². The summed E-state index contributed by atoms with van der Waals surface area (Å²) in [6.07, 6.45) is 3.98. The van der Waals surface area contributed by atoms with Crippen LogP contribution in [-0.4, -0.2) is 19.7 Å². The van der Waals surface area contributed by atoms with Crippen LogP contribution in [-0.2, 0) is 16.0 Å². The summed E-state index contributed by atoms with van der Waals surface area (Å²) >= 11 is 0. The maximum atomic E-state index is 11.6. The molecule has 0 heterocycles. The third-order valence-corrected chi connectivity index (χ3v) is 3.56. The van der Waals surface area contributed by atoms with Crippen LogP contribution in [0.1, 0.15) is 31.4 Å². The monoisotopic (exact) mass is 260 g/mol. The fourth-order valence-corrected chi connectivity index (χ4v) is 2.41. The summed E-state index contributed by atoms with van der Waals surface area (Å²) in [5, 5.41) is 0. The molecule has 3 heteroatoms. The number of carbonyl (C=O) groups is 1. The molecule has 0 bridgehead atoms. The highest BCUT2D eigenvalue weighted by molar-refractivity contribution is 5.78. The first kappa shape index (κ1) is 13.7. The number of ether oxygens (including phenoxy) is 2. The summed E-state index contributed by atoms with van der Waals surface area (Å²) in [5.74, 6) is 0.536. The van der Waals surface area contributed by atoms with E-state index in [-0.39, 0.29) is 11.9 Å². The van der Waals surface area contributed by atoms with Crippen LogP contribution in [0.4, 0.5) is 0 Å². The van der Waals surface area contributed by atoms with Gasteiger partial charge in [0.2, 0.25) is 0 Å². The number of aryl methyl sites for hydroxylation is 1. The van der Waals surface area contributed by atoms with E-state index in [4.69, 9.17) is 9.47 Å². The van der Waals surface area contributed by atoms with E-state index >= 15 is 0 Å². The fourth-order valence-electron chi connectivity index (χ4n) is 2.41. The summed E-state index contributed by atoms with van der Waals surface area (Å²) in [4.78, 5) is 11.6. The molecule has 0 spiro atoms. The van der Waals surface area contributed by atoms with Crippen molar-refractivity contribution in [2.75, 3.05) is 13.7 Å². The van der Waals surface area contributed by atoms with Gasteiger partial charge in [0, 0.05) is 0 Å². The molecule has 0 saturated carbocycles. The second-order valence-corrected chi connectivity index (χ2v) is 4.76. The summed E-state index contributed by atoms with van der Waals surface area (Å²) in [6, 6.07) is 6.16. The van der Waals surface area contributed by atoms with Gasteiger partial charge < -0.3 is 9.47 Å². The number of rotatable bonds is 4. The molecule has 102 valence electrons. The lowest BCUT2D eigenvalue weighted by Crippen LogP contribution is -2.17. The first-order valence-corrected chi connectivity index (χ1v) is 6.69. The molecule has 1 aliphatic carbocycles. The standard InChI is InChI=1S/C16H20O3/c1-4-19-15-8-7-12-5-6-13(9-14(12)10-15)11(2)16(17)18-3/h7-11H,4-6H2,1-3H3. The molecule has 0 amide bonds. The first-order chi connectivity index (χ1) is 9.15. The number of fused-ring (bicyclic) bond motifs is 1. The van der Waals surface area contributed by atoms with Crippen LogP contribution in [0.2, 0.25) is 0 Å². The lowest BCUT2D eigenvalue weighted by molar-refractivity contribution is -0.143. The van der Waals surface area contributed by atoms with Crippen LogP contribution in [0.15, 0.2) is 23.8 Å². The van der Waals surface area contributed by atoms with Gasteiger partial charge in [-0.3, -0.25) is 4.79 Å². The smallest absolute Gasteiger partial charge is 0.312 e. The molecular formula is C16H20O3. The molecule has 19 heavy (non-hydrogen) atoms. The van der Waals surface area contributed by atoms with Gasteiger partial charge in [0.1, 0.15) is 5.75 Å². The SMILES string of the molecule is CCOc1ccc2c(c1)C=C(C(C)C(=O)OC)CC2. The Hall–Kier alpha value is -1.77. The van der Waals surface area contributed by atoms with E-state index in [0.717, 1.165) is 29.7 Å². The van der Waals surface area contributed by atoms with Crippen LogP contribution >= 0.6 is 0 Å². The zero-order valence-electron chi connectivity index (χ0n) is 11.7. The Labute approximate surface area is 114 Å². The molecule has 1 aromatic rings. The van der Waals surface area contributed by atoms with Gasteiger partial charge in [-0.15, -0.1) is 0 Å². The molecule has 1 atom stereocenters. The molecule has 1 aliphatic rings. The molecule has 0 saturated heterocycles. The van der Waals surface area contributed by atoms with Crippen molar-refractivity contribution < 1.29 is 14.3 Å². The third-order valence-electron chi connectivity index (χ3n) is 3.56. The van der Waals surface area contributed by atoms with E-state index in [1.165, 1.54) is 12.7 Å². The Bertz CT molecular complexity index is 503. The van der Waals surface area contributed by atoms with Crippen LogP contribution in [0.25, 0.3) is 6.08 Å². The average Bonchev–Trinajstić information content (AvgIpc) is 2.45. The number of methoxy groups -OCH3 is 1. The molecule has 1 unspecified atom stereocenters. The summed E-state index contributed by atoms with van der Waals surface area (Å²) in [7, 11) is 1.43. The van der Waals surface area contributed by atoms with Gasteiger partial charge in [0.15, 0.2) is 0 Å². The van der Waals surface area contributed by atoms with Crippen molar-refractivity contribution >= 4 is 12.0 Å². The topological polar surface area (TPSA) is 35.5 Å². The Morgan fingerprint density at radius 1 is 1.37 bits per heavy atom. The zero-order valence-corrected chi connectivity index (χ0v) is 11.7. The van der Waals surface area contributed by atoms with Crippen LogP contribution in [0.5, 0.6) is 5.75 Å². The predicted octanol–water partition coefficient (Wildman–Crippen LogP) is 3.22. The first-order valence-electron chi connectivity index (χ1n) is 6.69. The lowest BCUT2D eigenvalue weighted by Gasteiger charge is -2.20. The summed E-state index contributed by atoms with van der Waals surface area (Å²) < 4.78 is 10.3. The van der Waals surface area contributed by atoms with Crippen molar-refractivity contribution in [1.29, 1.82) is 0 Å². The number of hydrogen-bond acceptors (Lipinski definition) is 3. The minimum absolute atomic E-state index is 0.171. The van der Waals surface area contributed by atoms with E-state index in [1.807, 2.05) is 26.0 Å². The average molecular weight is 260 g/mol. The van der Waals surface area contributed by atoms with Gasteiger partial charge in [-0.25, -0.2) is 0 Å². The van der Waals surface area contributed by atoms with Gasteiger partial charge in [-0.05, 0) is 49.9 Å². The number of esters is 1. The highest BCUT2D eigenvalue weighted by atomic mass is 16.5. The van der Waals surface area contributed by atoms with Crippen LogP contribution in [0, 0.1) is 5.92 Å². The van der Waals surface area contributed by atoms with E-state index < -0.39 is 0 Å². The fraction of sp³-hybridized carbons (Fsp3) is 0.438. The molecule has 3 nitrogen and oxygen atoms in total. The second kappa shape index (κ2) is 5.91. The maximum Gasteiger partial charge on any atom is 0.312 e. The van der Waals surface area contributed by atoms with Gasteiger partial charge in [0.25, 0.3) is 0 Å². The largest absolute Gasteiger partial charge is 0.494 e. The lowest BCUT2D eigenvalue weighted by atomic mass is 9.86. The molecule has 0 aliphatic heterocycles. The van der Waals surface area contributed by atoms with Crippen molar-refractivity contribution in [3.8, 4) is 5.75 Å². The highest BCUT2D eigenvalue weighted by Crippen LogP contribution is 2.31. The Morgan fingerprint density at radius 3 is 2.84 bits per heavy atom. The van der Waals surface area contributed by atoms with E-state index in [9.17, 15) is 4.79 Å². The van der Waals surface area contributed by atoms with Crippen molar-refractivity contribution in [3.05, 3.63) is 34.9 Å². The van der Waals surface area contributed by atoms with Crippen molar-refractivity contribution in [3.63, 3.8) is 0 Å². The Morgan fingerprint density at radius 2 is 2.16 bits per heavy atom. The van der Waals surface area contributed by atoms with Crippen molar-refractivity contribution in [1.82, 2.24) is 0 Å². The van der Waals surface area contributed by atoms with Gasteiger partial charge in [-0.2, -0.15) is 0 Å². The third kappa shape index (κ3) is 2.98. The summed E-state index contributed by atoms with van der Waals surface area (Å²) in [6.45, 7) is 4.53. The minimum Gasteiger partial charge on any atom is -0.494 e. The quantitative estimate of drug-likeness (QED) is 0.780. The molecule has 2 rings (SSSR count). The van der Waals surface area contributed by atoms with Gasteiger partial charge in [-0.1, -0.05) is 17.7 Å². The molecule has 0 fully saturated rings. The molecule has 1 aromatic carbocycles. The van der Waals surface area contributed by atoms with E-state index in [1.54, 1.807) is 0 Å². The highest BCUT2D eigenvalue weighted by Gasteiger charge is 2.21. The van der Waals surface area contributed by atoms with E-state index in [2.05, 4.69) is 12.1 Å². The number of carbonyl (C=O) groups excluding carboxylic acids is 1. The van der Waals surface area contributed by atoms with Gasteiger partial charge >= 0.3 is 5.97 Å². The predicted molar refractivity (Wildman–Crippen MR) is 75.1 cm³/mol. The molecular weight excluding hydrogens is 240 g/mol. The van der Waals surface area contributed by atoms with Gasteiger partial charge in [0.05, 0.1) is 19.6 Å². The number of benzene rings is 1. The minimum atomic E-state index is -0.172. The number of hydrogen-bond donors (Lipinski definition) is 0. The second-order valence-electron chi connectivity index (χ2n) is 4.76. The zero-order chi connectivity index (χ0) is 13.8. The Balaban J connectivity index is 2.27. The van der Waals surface area contributed by atoms with Crippen LogP contribution < -0.4 is 4.74 Å². The van der Waals surface area contributed by atoms with Crippen LogP contribution in [0.3, 0.4) is 0 Å². The Kier molecular flexibility index (Phi) is 4.25. The molecule has 0 N–H and O–H groups in total. The molecule has 0 aromatic heterocycles. The normalized spacial score (nSPS) is 15.2.